The third kappa shape index (κ3) is 5.39. The standard InChI is InChI=1S/C24H33N3O3S/c1-16(2)15-25-24(28)21-14-20(8-9-22(21)27-10-6-7-11-27)26-31(29,30)23-18(4)12-17(3)13-19(23)5/h8-9,12-14,16,26H,6-7,10-11,15H2,1-5H3,(H,25,28). The predicted molar refractivity (Wildman–Crippen MR) is 127 cm³/mol. The van der Waals surface area contributed by atoms with Gasteiger partial charge in [0.15, 0.2) is 0 Å². The van der Waals surface area contributed by atoms with Gasteiger partial charge in [-0.25, -0.2) is 8.42 Å². The second-order valence-electron chi connectivity index (χ2n) is 8.86. The van der Waals surface area contributed by atoms with E-state index in [2.05, 4.69) is 14.9 Å². The van der Waals surface area contributed by atoms with Crippen molar-refractivity contribution in [2.24, 2.45) is 5.92 Å². The molecule has 0 spiro atoms. The molecule has 31 heavy (non-hydrogen) atoms. The first-order valence-electron chi connectivity index (χ1n) is 10.9. The Kier molecular flexibility index (Phi) is 6.94. The van der Waals surface area contributed by atoms with Crippen LogP contribution in [0.4, 0.5) is 11.4 Å². The highest BCUT2D eigenvalue weighted by molar-refractivity contribution is 7.92. The average molecular weight is 444 g/mol. The van der Waals surface area contributed by atoms with Crippen LogP contribution in [0.1, 0.15) is 53.7 Å². The van der Waals surface area contributed by atoms with Gasteiger partial charge in [-0.15, -0.1) is 0 Å². The topological polar surface area (TPSA) is 78.5 Å². The fraction of sp³-hybridized carbons (Fsp3) is 0.458. The quantitative estimate of drug-likeness (QED) is 0.665. The summed E-state index contributed by atoms with van der Waals surface area (Å²) in [4.78, 5) is 15.4. The highest BCUT2D eigenvalue weighted by Crippen LogP contribution is 2.30. The maximum Gasteiger partial charge on any atom is 0.262 e. The lowest BCUT2D eigenvalue weighted by molar-refractivity contribution is 0.0949. The molecule has 0 aliphatic carbocycles. The highest BCUT2D eigenvalue weighted by Gasteiger charge is 2.23. The molecule has 2 aromatic rings. The van der Waals surface area contributed by atoms with E-state index in [9.17, 15) is 13.2 Å². The Balaban J connectivity index is 1.96. The number of aryl methyl sites for hydroxylation is 3. The molecule has 0 radical (unpaired) electrons. The summed E-state index contributed by atoms with van der Waals surface area (Å²) in [6, 6.07) is 8.97. The van der Waals surface area contributed by atoms with Gasteiger partial charge in [-0.1, -0.05) is 31.5 Å². The summed E-state index contributed by atoms with van der Waals surface area (Å²) in [5.74, 6) is 0.146. The molecule has 1 heterocycles. The van der Waals surface area contributed by atoms with Crippen LogP contribution >= 0.6 is 0 Å². The summed E-state index contributed by atoms with van der Waals surface area (Å²) in [5.41, 5.74) is 4.16. The molecule has 1 saturated heterocycles. The molecular formula is C24H33N3O3S. The number of hydrogen-bond donors (Lipinski definition) is 2. The molecular weight excluding hydrogens is 410 g/mol. The average Bonchev–Trinajstić information content (AvgIpc) is 3.19. The van der Waals surface area contributed by atoms with Gasteiger partial charge in [-0.3, -0.25) is 9.52 Å². The minimum atomic E-state index is -3.79. The molecule has 1 amide bonds. The number of rotatable bonds is 7. The smallest absolute Gasteiger partial charge is 0.262 e. The maximum absolute atomic E-state index is 13.2. The van der Waals surface area contributed by atoms with Gasteiger partial charge in [0.1, 0.15) is 0 Å². The van der Waals surface area contributed by atoms with Crippen molar-refractivity contribution in [2.75, 3.05) is 29.3 Å². The SMILES string of the molecule is Cc1cc(C)c(S(=O)(=O)Nc2ccc(N3CCCC3)c(C(=O)NCC(C)C)c2)c(C)c1. The van der Waals surface area contributed by atoms with Crippen molar-refractivity contribution >= 4 is 27.3 Å². The molecule has 1 aliphatic rings. The van der Waals surface area contributed by atoms with Crippen LogP contribution < -0.4 is 14.9 Å². The van der Waals surface area contributed by atoms with Crippen molar-refractivity contribution in [3.05, 3.63) is 52.6 Å². The summed E-state index contributed by atoms with van der Waals surface area (Å²) >= 11 is 0. The van der Waals surface area contributed by atoms with E-state index in [-0.39, 0.29) is 10.8 Å². The summed E-state index contributed by atoms with van der Waals surface area (Å²) in [7, 11) is -3.79. The van der Waals surface area contributed by atoms with Crippen LogP contribution in [0.15, 0.2) is 35.2 Å². The zero-order chi connectivity index (χ0) is 22.8. The predicted octanol–water partition coefficient (Wildman–Crippen LogP) is 4.40. The minimum absolute atomic E-state index is 0.181. The summed E-state index contributed by atoms with van der Waals surface area (Å²) < 4.78 is 29.0. The second kappa shape index (κ2) is 9.30. The van der Waals surface area contributed by atoms with Crippen LogP contribution in [0.3, 0.4) is 0 Å². The Morgan fingerprint density at radius 3 is 2.23 bits per heavy atom. The van der Waals surface area contributed by atoms with E-state index in [0.29, 0.717) is 34.8 Å². The zero-order valence-corrected chi connectivity index (χ0v) is 19.9. The Labute approximate surface area is 186 Å². The summed E-state index contributed by atoms with van der Waals surface area (Å²) in [6.07, 6.45) is 2.18. The Morgan fingerprint density at radius 2 is 1.65 bits per heavy atom. The normalized spacial score (nSPS) is 14.2. The number of anilines is 2. The number of nitrogens with zero attached hydrogens (tertiary/aromatic N) is 1. The Hall–Kier alpha value is -2.54. The molecule has 0 aromatic heterocycles. The van der Waals surface area contributed by atoms with E-state index in [1.807, 2.05) is 39.0 Å². The van der Waals surface area contributed by atoms with Crippen molar-refractivity contribution in [2.45, 2.75) is 52.4 Å². The fourth-order valence-electron chi connectivity index (χ4n) is 4.20. The van der Waals surface area contributed by atoms with Gasteiger partial charge < -0.3 is 10.2 Å². The van der Waals surface area contributed by atoms with Crippen molar-refractivity contribution in [3.63, 3.8) is 0 Å². The van der Waals surface area contributed by atoms with Crippen molar-refractivity contribution in [1.29, 1.82) is 0 Å². The Morgan fingerprint density at radius 1 is 1.03 bits per heavy atom. The zero-order valence-electron chi connectivity index (χ0n) is 19.1. The number of benzene rings is 2. The maximum atomic E-state index is 13.2. The van der Waals surface area contributed by atoms with Gasteiger partial charge in [-0.2, -0.15) is 0 Å². The first-order valence-corrected chi connectivity index (χ1v) is 12.3. The van der Waals surface area contributed by atoms with E-state index in [1.54, 1.807) is 26.0 Å². The third-order valence-electron chi connectivity index (χ3n) is 5.48. The van der Waals surface area contributed by atoms with Gasteiger partial charge in [0.25, 0.3) is 15.9 Å². The van der Waals surface area contributed by atoms with Crippen LogP contribution in [-0.4, -0.2) is 34.0 Å². The molecule has 7 heteroatoms. The third-order valence-corrected chi connectivity index (χ3v) is 7.17. The van der Waals surface area contributed by atoms with E-state index in [4.69, 9.17) is 0 Å². The number of amides is 1. The van der Waals surface area contributed by atoms with Gasteiger partial charge in [0.05, 0.1) is 10.5 Å². The first kappa shape index (κ1) is 23.1. The van der Waals surface area contributed by atoms with Crippen LogP contribution in [-0.2, 0) is 10.0 Å². The first-order chi connectivity index (χ1) is 14.6. The molecule has 1 fully saturated rings. The number of carbonyl (C=O) groups excluding carboxylic acids is 1. The van der Waals surface area contributed by atoms with Crippen molar-refractivity contribution < 1.29 is 13.2 Å². The van der Waals surface area contributed by atoms with Crippen LogP contribution in [0.5, 0.6) is 0 Å². The molecule has 2 aromatic carbocycles. The second-order valence-corrected chi connectivity index (χ2v) is 10.5. The van der Waals surface area contributed by atoms with Gasteiger partial charge in [-0.05, 0) is 68.9 Å². The van der Waals surface area contributed by atoms with Crippen molar-refractivity contribution in [1.82, 2.24) is 5.32 Å². The molecule has 1 aliphatic heterocycles. The fourth-order valence-corrected chi connectivity index (χ4v) is 5.71. The minimum Gasteiger partial charge on any atom is -0.371 e. The number of hydrogen-bond acceptors (Lipinski definition) is 4. The lowest BCUT2D eigenvalue weighted by Gasteiger charge is -2.22. The summed E-state index contributed by atoms with van der Waals surface area (Å²) in [5, 5.41) is 2.97. The molecule has 6 nitrogen and oxygen atoms in total. The van der Waals surface area contributed by atoms with Gasteiger partial charge in [0.2, 0.25) is 0 Å². The molecule has 0 bridgehead atoms. The summed E-state index contributed by atoms with van der Waals surface area (Å²) in [6.45, 7) is 12.0. The lowest BCUT2D eigenvalue weighted by atomic mass is 10.1. The van der Waals surface area contributed by atoms with E-state index < -0.39 is 10.0 Å². The molecule has 3 rings (SSSR count). The molecule has 0 saturated carbocycles. The number of nitrogens with one attached hydrogen (secondary N) is 2. The molecule has 0 unspecified atom stereocenters. The van der Waals surface area contributed by atoms with E-state index in [1.165, 1.54) is 0 Å². The van der Waals surface area contributed by atoms with Gasteiger partial charge in [0, 0.05) is 31.0 Å². The largest absolute Gasteiger partial charge is 0.371 e. The lowest BCUT2D eigenvalue weighted by Crippen LogP contribution is -2.30. The van der Waals surface area contributed by atoms with Gasteiger partial charge >= 0.3 is 0 Å². The molecule has 168 valence electrons. The van der Waals surface area contributed by atoms with E-state index in [0.717, 1.165) is 37.2 Å². The van der Waals surface area contributed by atoms with Crippen molar-refractivity contribution in [3.8, 4) is 0 Å². The van der Waals surface area contributed by atoms with Crippen LogP contribution in [0.25, 0.3) is 0 Å². The number of sulfonamides is 1. The van der Waals surface area contributed by atoms with Crippen LogP contribution in [0, 0.1) is 26.7 Å². The van der Waals surface area contributed by atoms with Crippen LogP contribution in [0.2, 0.25) is 0 Å². The Bertz CT molecular complexity index is 1050. The number of carbonyl (C=O) groups is 1. The highest BCUT2D eigenvalue weighted by atomic mass is 32.2. The molecule has 2 N–H and O–H groups in total. The molecule has 0 atom stereocenters. The van der Waals surface area contributed by atoms with E-state index >= 15 is 0 Å². The monoisotopic (exact) mass is 443 g/mol.